The Hall–Kier alpha value is -9.00. The summed E-state index contributed by atoms with van der Waals surface area (Å²) in [6, 6.07) is 45.9. The number of likely N-dealkylation sites (tertiary alicyclic amines) is 2. The molecular weight excluding hydrogens is 985 g/mol. The number of aromatic nitrogens is 4. The molecule has 2 aromatic heterocycles. The molecular formula is C60H50F4N10O3. The Labute approximate surface area is 441 Å². The quantitative estimate of drug-likeness (QED) is 0.101. The molecule has 0 spiro atoms. The second-order valence-electron chi connectivity index (χ2n) is 20.5. The Morgan fingerprint density at radius 3 is 1.35 bits per heavy atom. The van der Waals surface area contributed by atoms with E-state index in [-0.39, 0.29) is 40.9 Å². The van der Waals surface area contributed by atoms with E-state index in [1.807, 2.05) is 78.9 Å². The molecule has 2 saturated heterocycles. The van der Waals surface area contributed by atoms with Crippen LogP contribution in [0.5, 0.6) is 0 Å². The van der Waals surface area contributed by atoms with Crippen molar-refractivity contribution in [2.24, 2.45) is 11.8 Å². The Morgan fingerprint density at radius 1 is 0.558 bits per heavy atom. The van der Waals surface area contributed by atoms with Crippen LogP contribution in [0.15, 0.2) is 153 Å². The van der Waals surface area contributed by atoms with Crippen LogP contribution < -0.4 is 5.76 Å². The maximum Gasteiger partial charge on any atom is 0.434 e. The first kappa shape index (κ1) is 52.8. The molecule has 6 aromatic carbocycles. The van der Waals surface area contributed by atoms with Gasteiger partial charge >= 0.3 is 5.76 Å². The number of rotatable bonds is 14. The molecule has 8 aromatic rings. The van der Waals surface area contributed by atoms with Gasteiger partial charge in [-0.2, -0.15) is 21.0 Å². The van der Waals surface area contributed by atoms with Gasteiger partial charge < -0.3 is 8.83 Å². The summed E-state index contributed by atoms with van der Waals surface area (Å²) < 4.78 is 70.3. The molecule has 2 aliphatic heterocycles. The summed E-state index contributed by atoms with van der Waals surface area (Å²) in [6.07, 6.45) is 1.28. The number of nitrogens with one attached hydrogen (secondary N) is 1. The largest absolute Gasteiger partial charge is 0.434 e. The van der Waals surface area contributed by atoms with Crippen molar-refractivity contribution < 1.29 is 26.4 Å². The zero-order valence-electron chi connectivity index (χ0n) is 42.3. The van der Waals surface area contributed by atoms with Crippen LogP contribution in [0, 0.1) is 68.8 Å². The van der Waals surface area contributed by atoms with Gasteiger partial charge in [-0.3, -0.25) is 9.80 Å². The second kappa shape index (κ2) is 22.1. The molecule has 0 radical (unpaired) electrons. The molecule has 2 fully saturated rings. The Balaban J connectivity index is 0.000000188. The first-order chi connectivity index (χ1) is 36.9. The zero-order chi connectivity index (χ0) is 54.6. The van der Waals surface area contributed by atoms with Gasteiger partial charge in [0.05, 0.1) is 58.6 Å². The lowest BCUT2D eigenvalue weighted by Gasteiger charge is -2.50. The van der Waals surface area contributed by atoms with Gasteiger partial charge in [0, 0.05) is 49.1 Å². The van der Waals surface area contributed by atoms with Gasteiger partial charge in [0.2, 0.25) is 18.2 Å². The molecule has 77 heavy (non-hydrogen) atoms. The third-order valence-corrected chi connectivity index (χ3v) is 14.3. The minimum atomic E-state index is -1.65. The minimum Gasteiger partial charge on any atom is -0.423 e. The number of H-pyrrole nitrogens is 1. The number of nitrogens with zero attached hydrogens (tertiary/aromatic N) is 9. The predicted octanol–water partition coefficient (Wildman–Crippen LogP) is 11.6. The van der Waals surface area contributed by atoms with Crippen LogP contribution in [0.1, 0.15) is 107 Å². The molecule has 0 unspecified atom stereocenters. The number of benzene rings is 6. The lowest BCUT2D eigenvalue weighted by molar-refractivity contribution is 0.00797. The highest BCUT2D eigenvalue weighted by Crippen LogP contribution is 2.48. The molecule has 0 aliphatic carbocycles. The van der Waals surface area contributed by atoms with Gasteiger partial charge in [0.1, 0.15) is 23.0 Å². The fraction of sp³-hybridized carbons (Fsp3) is 0.267. The average Bonchev–Trinajstić information content (AvgIpc) is 4.12. The molecule has 10 rings (SSSR count). The molecule has 0 amide bonds. The normalized spacial score (nSPS) is 15.7. The first-order valence-corrected chi connectivity index (χ1v) is 24.7. The standard InChI is InChI=1S/C30H25F2N5O2.C30H25F2N5O/c1-30(2,32)26(23-10-19(15-34)11-25(31)13-23)24-16-37(17-24)27(20-8-6-18(14-33)7-9-20)21-4-3-5-22(12-21)28-35-36-29(38)39-28;1-30(2,32)27(24-10-20(15-34)11-26(31)13-24)25-16-37(17-25)28(21-8-6-19(14-33)7-9-21)22-4-3-5-23(12-22)29-36-35-18-38-29/h3-13,24,26-27H,16-17H2,1-2H3,(H,36,38);3-13,18,25,27-28H,16-17H2,1-2H3/t26-,27+;27-,28+/m11/s1. The highest BCUT2D eigenvalue weighted by atomic mass is 19.1. The number of halogens is 4. The maximum atomic E-state index is 15.6. The van der Waals surface area contributed by atoms with Crippen molar-refractivity contribution in [3.05, 3.63) is 218 Å². The number of hydrogen-bond donors (Lipinski definition) is 1. The fourth-order valence-electron chi connectivity index (χ4n) is 11.2. The van der Waals surface area contributed by atoms with Gasteiger partial charge in [-0.1, -0.05) is 48.5 Å². The van der Waals surface area contributed by atoms with E-state index in [9.17, 15) is 34.6 Å². The van der Waals surface area contributed by atoms with Crippen LogP contribution in [0.2, 0.25) is 0 Å². The fourth-order valence-corrected chi connectivity index (χ4v) is 11.2. The van der Waals surface area contributed by atoms with E-state index in [2.05, 4.69) is 42.3 Å². The van der Waals surface area contributed by atoms with E-state index in [0.717, 1.165) is 39.9 Å². The third kappa shape index (κ3) is 11.8. The summed E-state index contributed by atoms with van der Waals surface area (Å²) >= 11 is 0. The van der Waals surface area contributed by atoms with Crippen LogP contribution in [0.3, 0.4) is 0 Å². The molecule has 4 heterocycles. The zero-order valence-corrected chi connectivity index (χ0v) is 42.3. The van der Waals surface area contributed by atoms with Crippen LogP contribution in [-0.4, -0.2) is 67.7 Å². The molecule has 17 heteroatoms. The SMILES string of the molecule is CC(C)(F)[C@H](c1cc(F)cc(C#N)c1)C1CN([C@@H](c2ccc(C#N)cc2)c2cccc(-c3n[nH]c(=O)o3)c2)C1.CC(C)(F)[C@H](c1cc(F)cc(C#N)c1)C1CN([C@@H](c2ccc(C#N)cc2)c2cccc(-c3nnco3)c2)C1. The highest BCUT2D eigenvalue weighted by Gasteiger charge is 2.47. The summed E-state index contributed by atoms with van der Waals surface area (Å²) in [5.74, 6) is -2.62. The van der Waals surface area contributed by atoms with E-state index in [4.69, 9.17) is 8.83 Å². The molecule has 13 nitrogen and oxygen atoms in total. The van der Waals surface area contributed by atoms with Gasteiger partial charge in [-0.25, -0.2) is 27.5 Å². The Morgan fingerprint density at radius 2 is 0.987 bits per heavy atom. The number of hydrogen-bond acceptors (Lipinski definition) is 12. The monoisotopic (exact) mass is 1030 g/mol. The molecule has 386 valence electrons. The molecule has 0 saturated carbocycles. The smallest absolute Gasteiger partial charge is 0.423 e. The van der Waals surface area contributed by atoms with E-state index in [1.165, 1.54) is 46.2 Å². The lowest BCUT2D eigenvalue weighted by Crippen LogP contribution is -2.53. The second-order valence-corrected chi connectivity index (χ2v) is 20.5. The summed E-state index contributed by atoms with van der Waals surface area (Å²) in [5.41, 5.74) is 4.31. The lowest BCUT2D eigenvalue weighted by atomic mass is 9.72. The van der Waals surface area contributed by atoms with Crippen molar-refractivity contribution in [3.63, 3.8) is 0 Å². The topological polar surface area (TPSA) is 199 Å². The van der Waals surface area contributed by atoms with Gasteiger partial charge in [-0.15, -0.1) is 15.3 Å². The van der Waals surface area contributed by atoms with E-state index < -0.39 is 40.6 Å². The molecule has 2 aliphatic rings. The number of nitriles is 4. The van der Waals surface area contributed by atoms with Crippen LogP contribution in [0.25, 0.3) is 22.9 Å². The van der Waals surface area contributed by atoms with Gasteiger partial charge in [0.25, 0.3) is 0 Å². The maximum absolute atomic E-state index is 15.6. The molecule has 4 atom stereocenters. The van der Waals surface area contributed by atoms with Crippen LogP contribution >= 0.6 is 0 Å². The third-order valence-electron chi connectivity index (χ3n) is 14.3. The van der Waals surface area contributed by atoms with Crippen LogP contribution in [-0.2, 0) is 0 Å². The highest BCUT2D eigenvalue weighted by molar-refractivity contribution is 5.56. The van der Waals surface area contributed by atoms with E-state index in [1.54, 1.807) is 42.5 Å². The Bertz CT molecular complexity index is 3620. The average molecular weight is 1040 g/mol. The summed E-state index contributed by atoms with van der Waals surface area (Å²) in [4.78, 5) is 15.9. The van der Waals surface area contributed by atoms with Crippen molar-refractivity contribution in [2.75, 3.05) is 26.2 Å². The van der Waals surface area contributed by atoms with Gasteiger partial charge in [-0.05, 0) is 158 Å². The van der Waals surface area contributed by atoms with Crippen molar-refractivity contribution in [3.8, 4) is 47.2 Å². The summed E-state index contributed by atoms with van der Waals surface area (Å²) in [7, 11) is 0. The van der Waals surface area contributed by atoms with E-state index >= 15 is 8.78 Å². The predicted molar refractivity (Wildman–Crippen MR) is 277 cm³/mol. The summed E-state index contributed by atoms with van der Waals surface area (Å²) in [6.45, 7) is 8.13. The molecule has 0 bridgehead atoms. The van der Waals surface area contributed by atoms with Crippen LogP contribution in [0.4, 0.5) is 17.6 Å². The first-order valence-electron chi connectivity index (χ1n) is 24.7. The number of alkyl halides is 2. The van der Waals surface area contributed by atoms with E-state index in [0.29, 0.717) is 59.9 Å². The van der Waals surface area contributed by atoms with Crippen molar-refractivity contribution in [1.29, 1.82) is 21.0 Å². The van der Waals surface area contributed by atoms with Crippen molar-refractivity contribution >= 4 is 0 Å². The minimum absolute atomic E-state index is 0.0941. The van der Waals surface area contributed by atoms with Crippen molar-refractivity contribution in [2.45, 2.75) is 63.0 Å². The van der Waals surface area contributed by atoms with Crippen molar-refractivity contribution in [1.82, 2.24) is 30.2 Å². The molecule has 1 N–H and O–H groups in total. The number of aromatic amines is 1. The Kier molecular flexibility index (Phi) is 15.1. The summed E-state index contributed by atoms with van der Waals surface area (Å²) in [5, 5.41) is 51.2. The van der Waals surface area contributed by atoms with Gasteiger partial charge in [0.15, 0.2) is 0 Å².